The van der Waals surface area contributed by atoms with Crippen LogP contribution in [0.5, 0.6) is 0 Å². The first kappa shape index (κ1) is 16.0. The van der Waals surface area contributed by atoms with Gasteiger partial charge in [0, 0.05) is 11.1 Å². The number of H-pyrrole nitrogens is 1. The second kappa shape index (κ2) is 6.44. The van der Waals surface area contributed by atoms with Crippen LogP contribution in [0.3, 0.4) is 0 Å². The van der Waals surface area contributed by atoms with Crippen LogP contribution in [-0.4, -0.2) is 20.9 Å². The van der Waals surface area contributed by atoms with Gasteiger partial charge in [0.2, 0.25) is 5.89 Å². The molecular formula is C19H15FN4O2. The Labute approximate surface area is 148 Å². The third kappa shape index (κ3) is 3.06. The third-order valence-corrected chi connectivity index (χ3v) is 4.05. The van der Waals surface area contributed by atoms with Gasteiger partial charge < -0.3 is 14.7 Å². The smallest absolute Gasteiger partial charge is 0.251 e. The molecule has 2 heterocycles. The first-order valence-corrected chi connectivity index (χ1v) is 8.06. The summed E-state index contributed by atoms with van der Waals surface area (Å²) in [4.78, 5) is 23.8. The second-order valence-electron chi connectivity index (χ2n) is 5.90. The number of imidazole rings is 1. The van der Waals surface area contributed by atoms with Gasteiger partial charge in [0.05, 0.1) is 23.6 Å². The molecule has 4 aromatic rings. The minimum Gasteiger partial charge on any atom is -0.438 e. The fourth-order valence-electron chi connectivity index (χ4n) is 2.65. The summed E-state index contributed by atoms with van der Waals surface area (Å²) >= 11 is 0. The number of carbonyl (C=O) groups is 1. The van der Waals surface area contributed by atoms with E-state index in [1.54, 1.807) is 49.8 Å². The Morgan fingerprint density at radius 2 is 2.00 bits per heavy atom. The van der Waals surface area contributed by atoms with E-state index in [1.165, 1.54) is 12.1 Å². The van der Waals surface area contributed by atoms with Crippen LogP contribution in [0, 0.1) is 5.82 Å². The number of fused-ring (bicyclic) bond motifs is 1. The molecule has 0 aliphatic rings. The number of hydrogen-bond donors (Lipinski definition) is 2. The van der Waals surface area contributed by atoms with Gasteiger partial charge in [-0.3, -0.25) is 4.79 Å². The molecule has 0 aliphatic heterocycles. The lowest BCUT2D eigenvalue weighted by Crippen LogP contribution is -2.26. The number of nitrogens with one attached hydrogen (secondary N) is 2. The van der Waals surface area contributed by atoms with Gasteiger partial charge in [-0.1, -0.05) is 0 Å². The van der Waals surface area contributed by atoms with Crippen LogP contribution in [0.4, 0.5) is 4.39 Å². The molecule has 0 bridgehead atoms. The molecule has 1 amide bonds. The minimum atomic E-state index is -0.422. The van der Waals surface area contributed by atoms with Crippen molar-refractivity contribution in [1.29, 1.82) is 0 Å². The Balaban J connectivity index is 1.49. The Bertz CT molecular complexity index is 1070. The first-order valence-electron chi connectivity index (χ1n) is 8.06. The molecule has 0 saturated heterocycles. The minimum absolute atomic E-state index is 0.240. The monoisotopic (exact) mass is 350 g/mol. The standard InChI is InChI=1S/C19H15FN4O2/c1-11(19-21-9-17(26-19)12-2-5-14(20)6-3-12)24-18(25)13-4-7-15-16(8-13)23-10-22-15/h2-11H,1H3,(H,22,23)(H,24,25). The van der Waals surface area contributed by atoms with Crippen molar-refractivity contribution in [3.63, 3.8) is 0 Å². The molecule has 7 heteroatoms. The molecule has 0 fully saturated rings. The van der Waals surface area contributed by atoms with E-state index in [4.69, 9.17) is 4.42 Å². The number of hydrogen-bond acceptors (Lipinski definition) is 4. The summed E-state index contributed by atoms with van der Waals surface area (Å²) in [6.07, 6.45) is 3.14. The highest BCUT2D eigenvalue weighted by atomic mass is 19.1. The molecule has 0 aliphatic carbocycles. The van der Waals surface area contributed by atoms with Gasteiger partial charge in [-0.25, -0.2) is 14.4 Å². The zero-order valence-corrected chi connectivity index (χ0v) is 13.9. The summed E-state index contributed by atoms with van der Waals surface area (Å²) in [6.45, 7) is 1.78. The van der Waals surface area contributed by atoms with Gasteiger partial charge in [0.1, 0.15) is 11.9 Å². The maximum atomic E-state index is 13.0. The topological polar surface area (TPSA) is 83.8 Å². The summed E-state index contributed by atoms with van der Waals surface area (Å²) in [5.74, 6) is 0.333. The predicted octanol–water partition coefficient (Wildman–Crippen LogP) is 3.85. The molecular weight excluding hydrogens is 335 g/mol. The lowest BCUT2D eigenvalue weighted by molar-refractivity contribution is 0.0934. The van der Waals surface area contributed by atoms with Crippen LogP contribution in [0.15, 0.2) is 59.4 Å². The first-order chi connectivity index (χ1) is 12.6. The van der Waals surface area contributed by atoms with Gasteiger partial charge in [-0.05, 0) is 49.4 Å². The van der Waals surface area contributed by atoms with Gasteiger partial charge in [0.15, 0.2) is 5.76 Å². The number of nitrogens with zero attached hydrogens (tertiary/aromatic N) is 2. The number of aromatic amines is 1. The Kier molecular flexibility index (Phi) is 3.96. The summed E-state index contributed by atoms with van der Waals surface area (Å²) < 4.78 is 18.7. The largest absolute Gasteiger partial charge is 0.438 e. The molecule has 2 N–H and O–H groups in total. The van der Waals surface area contributed by atoms with E-state index in [0.29, 0.717) is 22.8 Å². The van der Waals surface area contributed by atoms with Crippen molar-refractivity contribution < 1.29 is 13.6 Å². The number of aromatic nitrogens is 3. The molecule has 6 nitrogen and oxygen atoms in total. The fraction of sp³-hybridized carbons (Fsp3) is 0.105. The summed E-state index contributed by atoms with van der Waals surface area (Å²) in [7, 11) is 0. The molecule has 0 radical (unpaired) electrons. The molecule has 1 unspecified atom stereocenters. The highest BCUT2D eigenvalue weighted by Gasteiger charge is 2.17. The van der Waals surface area contributed by atoms with Crippen LogP contribution in [0.25, 0.3) is 22.4 Å². The van der Waals surface area contributed by atoms with Crippen molar-refractivity contribution in [2.24, 2.45) is 0 Å². The summed E-state index contributed by atoms with van der Waals surface area (Å²) in [6, 6.07) is 10.8. The van der Waals surface area contributed by atoms with Crippen molar-refractivity contribution in [1.82, 2.24) is 20.3 Å². The molecule has 0 spiro atoms. The van der Waals surface area contributed by atoms with Gasteiger partial charge in [-0.15, -0.1) is 0 Å². The highest BCUT2D eigenvalue weighted by Crippen LogP contribution is 2.23. The SMILES string of the molecule is CC(NC(=O)c1ccc2nc[nH]c2c1)c1ncc(-c2ccc(F)cc2)o1. The summed E-state index contributed by atoms with van der Waals surface area (Å²) in [5, 5.41) is 2.85. The average Bonchev–Trinajstić information content (AvgIpc) is 3.31. The molecule has 4 rings (SSSR count). The lowest BCUT2D eigenvalue weighted by atomic mass is 10.1. The van der Waals surface area contributed by atoms with Crippen molar-refractivity contribution in [3.05, 3.63) is 72.3 Å². The number of oxazole rings is 1. The van der Waals surface area contributed by atoms with Crippen molar-refractivity contribution >= 4 is 16.9 Å². The highest BCUT2D eigenvalue weighted by molar-refractivity contribution is 5.97. The van der Waals surface area contributed by atoms with E-state index in [2.05, 4.69) is 20.3 Å². The zero-order chi connectivity index (χ0) is 18.1. The Morgan fingerprint density at radius 3 is 2.81 bits per heavy atom. The molecule has 1 atom stereocenters. The molecule has 26 heavy (non-hydrogen) atoms. The van der Waals surface area contributed by atoms with E-state index >= 15 is 0 Å². The quantitative estimate of drug-likeness (QED) is 0.585. The number of rotatable bonds is 4. The number of benzene rings is 2. The third-order valence-electron chi connectivity index (χ3n) is 4.05. The van der Waals surface area contributed by atoms with E-state index in [0.717, 1.165) is 11.0 Å². The van der Waals surface area contributed by atoms with E-state index < -0.39 is 6.04 Å². The normalized spacial score (nSPS) is 12.2. The second-order valence-corrected chi connectivity index (χ2v) is 5.90. The predicted molar refractivity (Wildman–Crippen MR) is 93.9 cm³/mol. The maximum absolute atomic E-state index is 13.0. The van der Waals surface area contributed by atoms with Crippen molar-refractivity contribution in [2.75, 3.05) is 0 Å². The zero-order valence-electron chi connectivity index (χ0n) is 13.9. The van der Waals surface area contributed by atoms with Crippen LogP contribution in [-0.2, 0) is 0 Å². The number of carbonyl (C=O) groups excluding carboxylic acids is 1. The fourth-order valence-corrected chi connectivity index (χ4v) is 2.65. The Hall–Kier alpha value is -3.48. The Morgan fingerprint density at radius 1 is 1.19 bits per heavy atom. The van der Waals surface area contributed by atoms with E-state index in [-0.39, 0.29) is 11.7 Å². The number of amides is 1. The van der Waals surface area contributed by atoms with Gasteiger partial charge in [0.25, 0.3) is 5.91 Å². The van der Waals surface area contributed by atoms with Gasteiger partial charge in [-0.2, -0.15) is 0 Å². The molecule has 2 aromatic heterocycles. The maximum Gasteiger partial charge on any atom is 0.251 e. The lowest BCUT2D eigenvalue weighted by Gasteiger charge is -2.10. The molecule has 0 saturated carbocycles. The van der Waals surface area contributed by atoms with Crippen LogP contribution < -0.4 is 5.32 Å². The van der Waals surface area contributed by atoms with Crippen LogP contribution >= 0.6 is 0 Å². The van der Waals surface area contributed by atoms with Crippen LogP contribution in [0.1, 0.15) is 29.2 Å². The van der Waals surface area contributed by atoms with Gasteiger partial charge >= 0.3 is 0 Å². The van der Waals surface area contributed by atoms with E-state index in [9.17, 15) is 9.18 Å². The van der Waals surface area contributed by atoms with Crippen molar-refractivity contribution in [2.45, 2.75) is 13.0 Å². The van der Waals surface area contributed by atoms with E-state index in [1.807, 2.05) is 0 Å². The molecule has 130 valence electrons. The molecule has 2 aromatic carbocycles. The van der Waals surface area contributed by atoms with Crippen LogP contribution in [0.2, 0.25) is 0 Å². The van der Waals surface area contributed by atoms with Crippen molar-refractivity contribution in [3.8, 4) is 11.3 Å². The summed E-state index contributed by atoms with van der Waals surface area (Å²) in [5.41, 5.74) is 2.82. The average molecular weight is 350 g/mol. The number of halogens is 1.